The number of fused-ring (bicyclic) bond motifs is 2. The van der Waals surface area contributed by atoms with E-state index in [9.17, 15) is 0 Å². The number of rotatable bonds is 7. The van der Waals surface area contributed by atoms with Crippen molar-refractivity contribution < 1.29 is 4.74 Å². The van der Waals surface area contributed by atoms with E-state index in [0.29, 0.717) is 5.88 Å². The zero-order valence-electron chi connectivity index (χ0n) is 33.5. The number of pyridine rings is 1. The Morgan fingerprint density at radius 3 is 1.05 bits per heavy atom. The quantitative estimate of drug-likeness (QED) is 0.162. The second-order valence-electron chi connectivity index (χ2n) is 15.9. The third-order valence-electron chi connectivity index (χ3n) is 12.0. The van der Waals surface area contributed by atoms with Crippen molar-refractivity contribution in [3.05, 3.63) is 223 Å². The topological polar surface area (TPSA) is 22.1 Å². The SMILES string of the molecule is Cc1ccc2c(c1-c1ccc(-c3c(-c4ccccc4)c(-c4ccccc4)c(-c4ccccc4)c(-c4ccccc4)c3-c3ccccc3)cc1)Oc1ncccc1C2(C)C. The van der Waals surface area contributed by atoms with Gasteiger partial charge in [0.2, 0.25) is 5.88 Å². The smallest absolute Gasteiger partial charge is 0.223 e. The first-order chi connectivity index (χ1) is 29.0. The number of hydrogen-bond acceptors (Lipinski definition) is 2. The predicted octanol–water partition coefficient (Wildman–Crippen LogP) is 15.5. The highest BCUT2D eigenvalue weighted by Gasteiger charge is 2.37. The molecule has 0 spiro atoms. The Morgan fingerprint density at radius 2 is 0.678 bits per heavy atom. The highest BCUT2D eigenvalue weighted by atomic mass is 16.5. The van der Waals surface area contributed by atoms with E-state index in [4.69, 9.17) is 4.74 Å². The van der Waals surface area contributed by atoms with E-state index in [2.05, 4.69) is 220 Å². The summed E-state index contributed by atoms with van der Waals surface area (Å²) in [5, 5.41) is 0. The molecule has 1 aliphatic rings. The van der Waals surface area contributed by atoms with Gasteiger partial charge in [0.15, 0.2) is 0 Å². The first kappa shape index (κ1) is 36.1. The van der Waals surface area contributed by atoms with Crippen LogP contribution in [0, 0.1) is 6.92 Å². The Labute approximate surface area is 347 Å². The summed E-state index contributed by atoms with van der Waals surface area (Å²) in [6.45, 7) is 6.71. The third kappa shape index (κ3) is 6.25. The van der Waals surface area contributed by atoms with Crippen LogP contribution in [-0.4, -0.2) is 4.98 Å². The van der Waals surface area contributed by atoms with Crippen molar-refractivity contribution >= 4 is 0 Å². The Morgan fingerprint density at radius 1 is 0.339 bits per heavy atom. The van der Waals surface area contributed by atoms with Crippen LogP contribution in [0.4, 0.5) is 0 Å². The predicted molar refractivity (Wildman–Crippen MR) is 246 cm³/mol. The minimum absolute atomic E-state index is 0.267. The molecule has 0 bridgehead atoms. The van der Waals surface area contributed by atoms with E-state index in [1.165, 1.54) is 50.1 Å². The van der Waals surface area contributed by atoms with Gasteiger partial charge in [0, 0.05) is 28.3 Å². The normalized spacial score (nSPS) is 12.6. The van der Waals surface area contributed by atoms with Gasteiger partial charge in [-0.3, -0.25) is 0 Å². The molecule has 2 heteroatoms. The Kier molecular flexibility index (Phi) is 9.11. The van der Waals surface area contributed by atoms with Crippen LogP contribution in [0.1, 0.15) is 30.5 Å². The van der Waals surface area contributed by atoms with E-state index in [0.717, 1.165) is 50.3 Å². The highest BCUT2D eigenvalue weighted by molar-refractivity contribution is 6.15. The van der Waals surface area contributed by atoms with E-state index >= 15 is 0 Å². The van der Waals surface area contributed by atoms with Gasteiger partial charge in [-0.05, 0) is 90.9 Å². The maximum atomic E-state index is 6.72. The Bertz CT molecular complexity index is 2830. The van der Waals surface area contributed by atoms with Crippen molar-refractivity contribution in [2.24, 2.45) is 0 Å². The molecule has 0 saturated carbocycles. The molecule has 0 N–H and O–H groups in total. The first-order valence-corrected chi connectivity index (χ1v) is 20.4. The van der Waals surface area contributed by atoms with Gasteiger partial charge in [-0.25, -0.2) is 4.98 Å². The van der Waals surface area contributed by atoms with Gasteiger partial charge in [-0.2, -0.15) is 0 Å². The van der Waals surface area contributed by atoms with Crippen LogP contribution in [0.3, 0.4) is 0 Å². The molecule has 0 radical (unpaired) electrons. The lowest BCUT2D eigenvalue weighted by Crippen LogP contribution is -2.25. The zero-order chi connectivity index (χ0) is 39.9. The molecule has 282 valence electrons. The van der Waals surface area contributed by atoms with Gasteiger partial charge in [-0.1, -0.05) is 208 Å². The summed E-state index contributed by atoms with van der Waals surface area (Å²) in [5.41, 5.74) is 19.5. The molecule has 0 unspecified atom stereocenters. The average molecular weight is 758 g/mol. The van der Waals surface area contributed by atoms with Crippen molar-refractivity contribution in [3.63, 3.8) is 0 Å². The van der Waals surface area contributed by atoms with Gasteiger partial charge in [0.05, 0.1) is 0 Å². The standard InChI is InChI=1S/C57H43NO/c1-38-31-36-46-55(59-56-47(57(46,2)3)30-19-37-58-56)48(38)44-32-34-45(35-33-44)54-52(42-26-15-7-16-27-42)50(40-22-11-5-12-23-40)49(39-20-9-4-10-21-39)51(41-24-13-6-14-25-41)53(54)43-28-17-8-18-29-43/h4-37H,1-3H3. The molecule has 9 aromatic rings. The van der Waals surface area contributed by atoms with E-state index in [1.54, 1.807) is 0 Å². The van der Waals surface area contributed by atoms with E-state index < -0.39 is 0 Å². The van der Waals surface area contributed by atoms with E-state index in [1.807, 2.05) is 12.3 Å². The molecule has 0 fully saturated rings. The fourth-order valence-electron chi connectivity index (χ4n) is 9.14. The number of nitrogens with zero attached hydrogens (tertiary/aromatic N) is 1. The van der Waals surface area contributed by atoms with Crippen LogP contribution >= 0.6 is 0 Å². The van der Waals surface area contributed by atoms with Crippen molar-refractivity contribution in [1.29, 1.82) is 0 Å². The van der Waals surface area contributed by atoms with Crippen molar-refractivity contribution in [1.82, 2.24) is 4.98 Å². The Balaban J connectivity index is 1.32. The fraction of sp³-hybridized carbons (Fsp3) is 0.0702. The first-order valence-electron chi connectivity index (χ1n) is 20.4. The molecule has 0 amide bonds. The van der Waals surface area contributed by atoms with Gasteiger partial charge in [-0.15, -0.1) is 0 Å². The molecule has 8 aromatic carbocycles. The van der Waals surface area contributed by atoms with E-state index in [-0.39, 0.29) is 5.41 Å². The number of aromatic nitrogens is 1. The summed E-state index contributed by atoms with van der Waals surface area (Å²) in [5.74, 6) is 1.56. The molecular formula is C57H43NO. The number of ether oxygens (including phenoxy) is 1. The molecule has 59 heavy (non-hydrogen) atoms. The van der Waals surface area contributed by atoms with Crippen LogP contribution in [0.25, 0.3) is 77.9 Å². The van der Waals surface area contributed by atoms with Crippen molar-refractivity contribution in [2.45, 2.75) is 26.2 Å². The monoisotopic (exact) mass is 757 g/mol. The maximum absolute atomic E-state index is 6.72. The van der Waals surface area contributed by atoms with Crippen molar-refractivity contribution in [2.75, 3.05) is 0 Å². The van der Waals surface area contributed by atoms with Crippen LogP contribution in [-0.2, 0) is 5.41 Å². The van der Waals surface area contributed by atoms with Crippen LogP contribution in [0.15, 0.2) is 206 Å². The third-order valence-corrected chi connectivity index (χ3v) is 12.0. The summed E-state index contributed by atoms with van der Waals surface area (Å²) in [7, 11) is 0. The summed E-state index contributed by atoms with van der Waals surface area (Å²) in [4.78, 5) is 4.68. The summed E-state index contributed by atoms with van der Waals surface area (Å²) in [6.07, 6.45) is 1.81. The fourth-order valence-corrected chi connectivity index (χ4v) is 9.14. The molecule has 1 aromatic heterocycles. The lowest BCUT2D eigenvalue weighted by atomic mass is 9.74. The summed E-state index contributed by atoms with van der Waals surface area (Å²) < 4.78 is 6.72. The second-order valence-corrected chi connectivity index (χ2v) is 15.9. The summed E-state index contributed by atoms with van der Waals surface area (Å²) in [6, 6.07) is 72.4. The molecule has 0 saturated heterocycles. The average Bonchev–Trinajstić information content (AvgIpc) is 3.29. The van der Waals surface area contributed by atoms with Gasteiger partial charge in [0.25, 0.3) is 0 Å². The van der Waals surface area contributed by atoms with Crippen LogP contribution in [0.5, 0.6) is 11.6 Å². The summed E-state index contributed by atoms with van der Waals surface area (Å²) >= 11 is 0. The number of hydrogen-bond donors (Lipinski definition) is 0. The molecule has 10 rings (SSSR count). The minimum Gasteiger partial charge on any atom is -0.438 e. The maximum Gasteiger partial charge on any atom is 0.223 e. The lowest BCUT2D eigenvalue weighted by Gasteiger charge is -2.35. The molecule has 1 aliphatic heterocycles. The largest absolute Gasteiger partial charge is 0.438 e. The van der Waals surface area contributed by atoms with Crippen molar-refractivity contribution in [3.8, 4) is 89.5 Å². The minimum atomic E-state index is -0.267. The molecule has 2 heterocycles. The van der Waals surface area contributed by atoms with Crippen LogP contribution in [0.2, 0.25) is 0 Å². The number of aryl methyl sites for hydroxylation is 1. The van der Waals surface area contributed by atoms with Crippen LogP contribution < -0.4 is 4.74 Å². The van der Waals surface area contributed by atoms with Gasteiger partial charge in [0.1, 0.15) is 5.75 Å². The number of benzene rings is 8. The highest BCUT2D eigenvalue weighted by Crippen LogP contribution is 2.56. The molecule has 0 atom stereocenters. The molecule has 0 aliphatic carbocycles. The molecular weight excluding hydrogens is 715 g/mol. The second kappa shape index (κ2) is 14.9. The lowest BCUT2D eigenvalue weighted by molar-refractivity contribution is 0.403. The van der Waals surface area contributed by atoms with Gasteiger partial charge < -0.3 is 4.74 Å². The van der Waals surface area contributed by atoms with Gasteiger partial charge >= 0.3 is 0 Å². The molecule has 2 nitrogen and oxygen atoms in total. The zero-order valence-corrected chi connectivity index (χ0v) is 33.5. The Hall–Kier alpha value is -7.29.